The van der Waals surface area contributed by atoms with Crippen molar-refractivity contribution in [3.8, 4) is 5.88 Å². The highest BCUT2D eigenvalue weighted by Gasteiger charge is 2.12. The van der Waals surface area contributed by atoms with E-state index in [0.717, 1.165) is 4.68 Å². The molecular formula is C12H11ClF2N4O2. The first-order chi connectivity index (χ1) is 9.99. The standard InChI is InChI=1S/C12H11ClF2N4O2/c1-21-12-9(13)2-7(3-16-12)11(20)18-8-4-17-19(5-8)6-10(14)15/h2-5,10H,6H2,1H3,(H,18,20). The first-order valence-corrected chi connectivity index (χ1v) is 6.19. The number of anilines is 1. The van der Waals surface area contributed by atoms with Gasteiger partial charge in [0.1, 0.15) is 11.6 Å². The minimum atomic E-state index is -2.52. The van der Waals surface area contributed by atoms with E-state index in [1.807, 2.05) is 0 Å². The van der Waals surface area contributed by atoms with Crippen LogP contribution in [-0.2, 0) is 6.54 Å². The topological polar surface area (TPSA) is 69.0 Å². The summed E-state index contributed by atoms with van der Waals surface area (Å²) in [6, 6.07) is 1.40. The Balaban J connectivity index is 2.07. The molecule has 0 aliphatic rings. The van der Waals surface area contributed by atoms with Gasteiger partial charge in [-0.3, -0.25) is 9.48 Å². The predicted octanol–water partition coefficient (Wildman–Crippen LogP) is 2.46. The number of hydrogen-bond donors (Lipinski definition) is 1. The van der Waals surface area contributed by atoms with Crippen molar-refractivity contribution in [2.24, 2.45) is 0 Å². The summed E-state index contributed by atoms with van der Waals surface area (Å²) in [7, 11) is 1.41. The zero-order chi connectivity index (χ0) is 15.4. The molecule has 21 heavy (non-hydrogen) atoms. The van der Waals surface area contributed by atoms with Crippen LogP contribution in [0.15, 0.2) is 24.7 Å². The molecule has 1 amide bonds. The third kappa shape index (κ3) is 3.88. The minimum absolute atomic E-state index is 0.193. The predicted molar refractivity (Wildman–Crippen MR) is 72.0 cm³/mol. The Morgan fingerprint density at radius 1 is 1.52 bits per heavy atom. The van der Waals surface area contributed by atoms with E-state index in [1.165, 1.54) is 31.8 Å². The van der Waals surface area contributed by atoms with E-state index in [9.17, 15) is 13.6 Å². The van der Waals surface area contributed by atoms with Crippen LogP contribution in [0.4, 0.5) is 14.5 Å². The van der Waals surface area contributed by atoms with Gasteiger partial charge in [-0.05, 0) is 6.07 Å². The van der Waals surface area contributed by atoms with Crippen LogP contribution < -0.4 is 10.1 Å². The maximum absolute atomic E-state index is 12.2. The number of rotatable bonds is 5. The van der Waals surface area contributed by atoms with Crippen LogP contribution >= 0.6 is 11.6 Å². The molecule has 112 valence electrons. The van der Waals surface area contributed by atoms with Gasteiger partial charge in [-0.1, -0.05) is 11.6 Å². The number of nitrogens with zero attached hydrogens (tertiary/aromatic N) is 3. The van der Waals surface area contributed by atoms with Crippen molar-refractivity contribution < 1.29 is 18.3 Å². The van der Waals surface area contributed by atoms with Gasteiger partial charge in [0.15, 0.2) is 0 Å². The number of pyridine rings is 1. The number of aromatic nitrogens is 3. The molecule has 0 aliphatic carbocycles. The van der Waals surface area contributed by atoms with Crippen molar-refractivity contribution >= 4 is 23.2 Å². The zero-order valence-corrected chi connectivity index (χ0v) is 11.6. The number of carbonyl (C=O) groups excluding carboxylic acids is 1. The number of hydrogen-bond acceptors (Lipinski definition) is 4. The van der Waals surface area contributed by atoms with Gasteiger partial charge in [-0.2, -0.15) is 5.10 Å². The van der Waals surface area contributed by atoms with Crippen molar-refractivity contribution in [3.05, 3.63) is 35.2 Å². The van der Waals surface area contributed by atoms with Crippen LogP contribution in [0.25, 0.3) is 0 Å². The van der Waals surface area contributed by atoms with Crippen LogP contribution in [0.1, 0.15) is 10.4 Å². The molecule has 2 aromatic rings. The monoisotopic (exact) mass is 316 g/mol. The van der Waals surface area contributed by atoms with Crippen LogP contribution in [0, 0.1) is 0 Å². The van der Waals surface area contributed by atoms with E-state index in [0.29, 0.717) is 5.69 Å². The first kappa shape index (κ1) is 15.2. The van der Waals surface area contributed by atoms with Crippen LogP contribution in [0.3, 0.4) is 0 Å². The third-order valence-corrected chi connectivity index (χ3v) is 2.75. The van der Waals surface area contributed by atoms with Crippen LogP contribution in [-0.4, -0.2) is 34.2 Å². The van der Waals surface area contributed by atoms with E-state index in [2.05, 4.69) is 15.4 Å². The van der Waals surface area contributed by atoms with E-state index < -0.39 is 18.9 Å². The molecule has 0 radical (unpaired) electrons. The van der Waals surface area contributed by atoms with Gasteiger partial charge in [0, 0.05) is 12.4 Å². The van der Waals surface area contributed by atoms with Crippen LogP contribution in [0.2, 0.25) is 5.02 Å². The van der Waals surface area contributed by atoms with Crippen molar-refractivity contribution in [1.82, 2.24) is 14.8 Å². The molecule has 0 fully saturated rings. The molecule has 9 heteroatoms. The molecule has 0 aromatic carbocycles. The summed E-state index contributed by atoms with van der Waals surface area (Å²) in [4.78, 5) is 15.8. The second-order valence-corrected chi connectivity index (χ2v) is 4.42. The molecule has 1 N–H and O–H groups in total. The lowest BCUT2D eigenvalue weighted by molar-refractivity contribution is 0.102. The minimum Gasteiger partial charge on any atom is -0.480 e. The normalized spacial score (nSPS) is 10.7. The summed E-state index contributed by atoms with van der Waals surface area (Å²) in [5.74, 6) is -0.276. The molecular weight excluding hydrogens is 306 g/mol. The maximum Gasteiger partial charge on any atom is 0.257 e. The fourth-order valence-electron chi connectivity index (χ4n) is 1.57. The lowest BCUT2D eigenvalue weighted by Gasteiger charge is -2.05. The van der Waals surface area contributed by atoms with Crippen molar-refractivity contribution in [2.45, 2.75) is 13.0 Å². The van der Waals surface area contributed by atoms with Gasteiger partial charge in [0.25, 0.3) is 12.3 Å². The second kappa shape index (κ2) is 6.49. The molecule has 6 nitrogen and oxygen atoms in total. The average Bonchev–Trinajstić information content (AvgIpc) is 2.84. The fourth-order valence-corrected chi connectivity index (χ4v) is 1.82. The average molecular weight is 317 g/mol. The van der Waals surface area contributed by atoms with E-state index in [1.54, 1.807) is 0 Å². The summed E-state index contributed by atoms with van der Waals surface area (Å²) >= 11 is 5.87. The molecule has 0 bridgehead atoms. The molecule has 0 spiro atoms. The Kier molecular flexibility index (Phi) is 4.69. The number of ether oxygens (including phenoxy) is 1. The number of amides is 1. The number of methoxy groups -OCH3 is 1. The SMILES string of the molecule is COc1ncc(C(=O)Nc2cnn(CC(F)F)c2)cc1Cl. The molecule has 2 heterocycles. The summed E-state index contributed by atoms with van der Waals surface area (Å²) in [5, 5.41) is 6.41. The summed E-state index contributed by atoms with van der Waals surface area (Å²) in [6.45, 7) is -0.536. The van der Waals surface area contributed by atoms with E-state index in [-0.39, 0.29) is 16.5 Å². The van der Waals surface area contributed by atoms with Crippen molar-refractivity contribution in [3.63, 3.8) is 0 Å². The molecule has 0 unspecified atom stereocenters. The number of carbonyl (C=O) groups is 1. The smallest absolute Gasteiger partial charge is 0.257 e. The quantitative estimate of drug-likeness (QED) is 0.920. The maximum atomic E-state index is 12.2. The highest BCUT2D eigenvalue weighted by atomic mass is 35.5. The Morgan fingerprint density at radius 2 is 2.29 bits per heavy atom. The first-order valence-electron chi connectivity index (χ1n) is 5.81. The van der Waals surface area contributed by atoms with E-state index >= 15 is 0 Å². The Hall–Kier alpha value is -2.22. The van der Waals surface area contributed by atoms with E-state index in [4.69, 9.17) is 16.3 Å². The number of halogens is 3. The summed E-state index contributed by atoms with van der Waals surface area (Å²) < 4.78 is 30.3. The zero-order valence-electron chi connectivity index (χ0n) is 10.9. The van der Waals surface area contributed by atoms with Gasteiger partial charge in [-0.15, -0.1) is 0 Å². The lowest BCUT2D eigenvalue weighted by atomic mass is 10.2. The number of nitrogens with one attached hydrogen (secondary N) is 1. The van der Waals surface area contributed by atoms with Gasteiger partial charge < -0.3 is 10.1 Å². The highest BCUT2D eigenvalue weighted by Crippen LogP contribution is 2.22. The molecule has 0 saturated heterocycles. The molecule has 2 rings (SSSR count). The molecule has 2 aromatic heterocycles. The van der Waals surface area contributed by atoms with Crippen molar-refractivity contribution in [1.29, 1.82) is 0 Å². The Labute approximate surface area is 123 Å². The number of alkyl halides is 2. The van der Waals surface area contributed by atoms with Gasteiger partial charge in [-0.25, -0.2) is 13.8 Å². The van der Waals surface area contributed by atoms with Crippen LogP contribution in [0.5, 0.6) is 5.88 Å². The van der Waals surface area contributed by atoms with Gasteiger partial charge in [0.05, 0.1) is 24.6 Å². The molecule has 0 atom stereocenters. The largest absolute Gasteiger partial charge is 0.480 e. The van der Waals surface area contributed by atoms with Gasteiger partial charge in [0.2, 0.25) is 5.88 Å². The fraction of sp³-hybridized carbons (Fsp3) is 0.250. The second-order valence-electron chi connectivity index (χ2n) is 4.01. The lowest BCUT2D eigenvalue weighted by Crippen LogP contribution is -2.12. The summed E-state index contributed by atoms with van der Waals surface area (Å²) in [5.41, 5.74) is 0.509. The Morgan fingerprint density at radius 3 is 2.90 bits per heavy atom. The summed E-state index contributed by atoms with van der Waals surface area (Å²) in [6.07, 6.45) is 1.36. The van der Waals surface area contributed by atoms with Crippen molar-refractivity contribution in [2.75, 3.05) is 12.4 Å². The molecule has 0 saturated carbocycles. The van der Waals surface area contributed by atoms with Gasteiger partial charge >= 0.3 is 0 Å². The Bertz CT molecular complexity index is 648. The third-order valence-electron chi connectivity index (χ3n) is 2.48. The molecule has 0 aliphatic heterocycles. The highest BCUT2D eigenvalue weighted by molar-refractivity contribution is 6.32.